The summed E-state index contributed by atoms with van der Waals surface area (Å²) in [5.74, 6) is 2.43. The summed E-state index contributed by atoms with van der Waals surface area (Å²) in [5.41, 5.74) is 9.83. The van der Waals surface area contributed by atoms with Gasteiger partial charge in [0.05, 0.1) is 25.5 Å². The van der Waals surface area contributed by atoms with Crippen molar-refractivity contribution in [3.63, 3.8) is 0 Å². The van der Waals surface area contributed by atoms with Gasteiger partial charge in [0.25, 0.3) is 0 Å². The van der Waals surface area contributed by atoms with Crippen molar-refractivity contribution in [1.82, 2.24) is 9.88 Å². The summed E-state index contributed by atoms with van der Waals surface area (Å²) in [4.78, 5) is 7.15. The molecule has 3 rings (SSSR count). The van der Waals surface area contributed by atoms with Gasteiger partial charge in [0.15, 0.2) is 0 Å². The van der Waals surface area contributed by atoms with E-state index < -0.39 is 0 Å². The zero-order valence-electron chi connectivity index (χ0n) is 17.0. The Labute approximate surface area is 179 Å². The standard InChI is InChI=1S/C20H29N3O3.2ClH/c1-13-10-19(24-4)14(2)9-17(13)20-22-18(15(3)26-20)12-23-7-8-25-16(11-23)5-6-21;;/h9-10,16H,5-8,11-12,21H2,1-4H3;2*1H. The normalized spacial score (nSPS) is 17.0. The van der Waals surface area contributed by atoms with Crippen molar-refractivity contribution in [2.45, 2.75) is 39.8 Å². The highest BCUT2D eigenvalue weighted by Crippen LogP contribution is 2.31. The summed E-state index contributed by atoms with van der Waals surface area (Å²) in [6, 6.07) is 4.11. The Bertz CT molecular complexity index is 765. The largest absolute Gasteiger partial charge is 0.496 e. The van der Waals surface area contributed by atoms with Crippen molar-refractivity contribution in [2.24, 2.45) is 5.73 Å². The van der Waals surface area contributed by atoms with Gasteiger partial charge in [-0.3, -0.25) is 4.90 Å². The number of rotatable bonds is 6. The third-order valence-corrected chi connectivity index (χ3v) is 4.95. The Morgan fingerprint density at radius 1 is 1.21 bits per heavy atom. The predicted molar refractivity (Wildman–Crippen MR) is 116 cm³/mol. The van der Waals surface area contributed by atoms with Crippen LogP contribution in [0.5, 0.6) is 5.75 Å². The van der Waals surface area contributed by atoms with Crippen LogP contribution in [0.2, 0.25) is 0 Å². The van der Waals surface area contributed by atoms with Gasteiger partial charge in [-0.2, -0.15) is 0 Å². The minimum Gasteiger partial charge on any atom is -0.496 e. The van der Waals surface area contributed by atoms with Crippen LogP contribution in [0.25, 0.3) is 11.5 Å². The van der Waals surface area contributed by atoms with E-state index in [9.17, 15) is 0 Å². The van der Waals surface area contributed by atoms with Crippen LogP contribution >= 0.6 is 24.8 Å². The average Bonchev–Trinajstić information content (AvgIpc) is 2.97. The lowest BCUT2D eigenvalue weighted by Gasteiger charge is -2.32. The number of methoxy groups -OCH3 is 1. The molecule has 1 aromatic carbocycles. The zero-order valence-corrected chi connectivity index (χ0v) is 18.6. The molecule has 8 heteroatoms. The third kappa shape index (κ3) is 5.61. The highest BCUT2D eigenvalue weighted by Gasteiger charge is 2.22. The molecule has 158 valence electrons. The fraction of sp³-hybridized carbons (Fsp3) is 0.550. The van der Waals surface area contributed by atoms with Crippen LogP contribution < -0.4 is 10.5 Å². The smallest absolute Gasteiger partial charge is 0.226 e. The van der Waals surface area contributed by atoms with Crippen molar-refractivity contribution < 1.29 is 13.9 Å². The average molecular weight is 432 g/mol. The summed E-state index contributed by atoms with van der Waals surface area (Å²) in [7, 11) is 1.69. The highest BCUT2D eigenvalue weighted by molar-refractivity contribution is 5.85. The predicted octanol–water partition coefficient (Wildman–Crippen LogP) is 3.67. The molecule has 0 bridgehead atoms. The lowest BCUT2D eigenvalue weighted by molar-refractivity contribution is -0.0339. The van der Waals surface area contributed by atoms with Crippen LogP contribution in [0.15, 0.2) is 16.5 Å². The summed E-state index contributed by atoms with van der Waals surface area (Å²) < 4.78 is 17.2. The van der Waals surface area contributed by atoms with E-state index in [0.29, 0.717) is 12.4 Å². The number of benzene rings is 1. The molecule has 2 heterocycles. The van der Waals surface area contributed by atoms with Gasteiger partial charge in [0, 0.05) is 25.2 Å². The van der Waals surface area contributed by atoms with Gasteiger partial charge >= 0.3 is 0 Å². The molecule has 2 N–H and O–H groups in total. The van der Waals surface area contributed by atoms with Gasteiger partial charge in [-0.1, -0.05) is 0 Å². The Morgan fingerprint density at radius 2 is 1.96 bits per heavy atom. The van der Waals surface area contributed by atoms with Gasteiger partial charge in [-0.15, -0.1) is 24.8 Å². The molecule has 1 unspecified atom stereocenters. The van der Waals surface area contributed by atoms with Crippen molar-refractivity contribution in [3.05, 3.63) is 34.7 Å². The van der Waals surface area contributed by atoms with Crippen LogP contribution in [0, 0.1) is 20.8 Å². The van der Waals surface area contributed by atoms with Crippen molar-refractivity contribution in [3.8, 4) is 17.2 Å². The number of morpholine rings is 1. The maximum Gasteiger partial charge on any atom is 0.226 e. The number of hydrogen-bond acceptors (Lipinski definition) is 6. The number of oxazole rings is 1. The first-order valence-corrected chi connectivity index (χ1v) is 9.17. The number of ether oxygens (including phenoxy) is 2. The fourth-order valence-corrected chi connectivity index (χ4v) is 3.43. The van der Waals surface area contributed by atoms with Crippen molar-refractivity contribution in [2.75, 3.05) is 33.4 Å². The lowest BCUT2D eigenvalue weighted by Crippen LogP contribution is -2.42. The summed E-state index contributed by atoms with van der Waals surface area (Å²) in [6.45, 7) is 10.0. The number of hydrogen-bond donors (Lipinski definition) is 1. The molecule has 1 atom stereocenters. The number of nitrogens with zero attached hydrogens (tertiary/aromatic N) is 2. The molecule has 0 spiro atoms. The van der Waals surface area contributed by atoms with Crippen molar-refractivity contribution >= 4 is 24.8 Å². The molecule has 0 aliphatic carbocycles. The van der Waals surface area contributed by atoms with Crippen molar-refractivity contribution in [1.29, 1.82) is 0 Å². The molecular weight excluding hydrogens is 401 g/mol. The van der Waals surface area contributed by atoms with E-state index in [-0.39, 0.29) is 30.9 Å². The first kappa shape index (κ1) is 24.7. The molecule has 0 amide bonds. The Balaban J connectivity index is 0.00000196. The Kier molecular flexibility index (Phi) is 9.74. The molecule has 6 nitrogen and oxygen atoms in total. The van der Waals surface area contributed by atoms with E-state index in [1.807, 2.05) is 19.9 Å². The van der Waals surface area contributed by atoms with E-state index in [1.54, 1.807) is 7.11 Å². The van der Waals surface area contributed by atoms with E-state index in [0.717, 1.165) is 66.6 Å². The van der Waals surface area contributed by atoms with Gasteiger partial charge in [-0.05, 0) is 57.0 Å². The van der Waals surface area contributed by atoms with E-state index in [2.05, 4.69) is 17.9 Å². The van der Waals surface area contributed by atoms with E-state index in [4.69, 9.17) is 24.6 Å². The van der Waals surface area contributed by atoms with E-state index in [1.165, 1.54) is 0 Å². The van der Waals surface area contributed by atoms with Gasteiger partial charge < -0.3 is 19.6 Å². The molecule has 1 saturated heterocycles. The van der Waals surface area contributed by atoms with Crippen LogP contribution in [-0.4, -0.2) is 49.3 Å². The molecule has 28 heavy (non-hydrogen) atoms. The van der Waals surface area contributed by atoms with Crippen LogP contribution in [0.1, 0.15) is 29.0 Å². The highest BCUT2D eigenvalue weighted by atomic mass is 35.5. The third-order valence-electron chi connectivity index (χ3n) is 4.95. The monoisotopic (exact) mass is 431 g/mol. The summed E-state index contributed by atoms with van der Waals surface area (Å²) >= 11 is 0. The molecule has 1 aromatic heterocycles. The number of nitrogens with two attached hydrogens (primary N) is 1. The van der Waals surface area contributed by atoms with Gasteiger partial charge in [0.1, 0.15) is 11.5 Å². The van der Waals surface area contributed by atoms with Gasteiger partial charge in [-0.25, -0.2) is 4.98 Å². The number of aromatic nitrogens is 1. The summed E-state index contributed by atoms with van der Waals surface area (Å²) in [5, 5.41) is 0. The molecule has 0 radical (unpaired) electrons. The second kappa shape index (κ2) is 11.0. The lowest BCUT2D eigenvalue weighted by atomic mass is 10.0. The molecule has 0 saturated carbocycles. The molecule has 1 aliphatic heterocycles. The molecule has 1 aliphatic rings. The molecular formula is C20H31Cl2N3O3. The minimum atomic E-state index is 0. The first-order chi connectivity index (χ1) is 12.5. The van der Waals surface area contributed by atoms with E-state index >= 15 is 0 Å². The number of halogens is 2. The summed E-state index contributed by atoms with van der Waals surface area (Å²) in [6.07, 6.45) is 1.11. The maximum absolute atomic E-state index is 6.00. The fourth-order valence-electron chi connectivity index (χ4n) is 3.43. The molecule has 1 fully saturated rings. The second-order valence-corrected chi connectivity index (χ2v) is 6.96. The Morgan fingerprint density at radius 3 is 2.64 bits per heavy atom. The maximum atomic E-state index is 6.00. The van der Waals surface area contributed by atoms with Crippen LogP contribution in [0.4, 0.5) is 0 Å². The van der Waals surface area contributed by atoms with Crippen LogP contribution in [0.3, 0.4) is 0 Å². The zero-order chi connectivity index (χ0) is 18.7. The SMILES string of the molecule is COc1cc(C)c(-c2nc(CN3CCOC(CCN)C3)c(C)o2)cc1C.Cl.Cl. The minimum absolute atomic E-state index is 0. The van der Waals surface area contributed by atoms with Crippen LogP contribution in [-0.2, 0) is 11.3 Å². The molecule has 2 aromatic rings. The second-order valence-electron chi connectivity index (χ2n) is 6.96. The number of aryl methyl sites for hydroxylation is 3. The topological polar surface area (TPSA) is 73.8 Å². The quantitative estimate of drug-likeness (QED) is 0.751. The Hall–Kier alpha value is -1.31. The first-order valence-electron chi connectivity index (χ1n) is 9.17. The van der Waals surface area contributed by atoms with Gasteiger partial charge in [0.2, 0.25) is 5.89 Å².